The molecule has 0 saturated heterocycles. The second-order valence-electron chi connectivity index (χ2n) is 6.33. The van der Waals surface area contributed by atoms with E-state index in [2.05, 4.69) is 31.6 Å². The fraction of sp³-hybridized carbons (Fsp3) is 0.765. The summed E-state index contributed by atoms with van der Waals surface area (Å²) < 4.78 is 0. The standard InChI is InChI=1S/C17H31N3/c1-5-15-7-6-12(2)9-17(15)20-11-16(14(4)19)8-13(3)10-18/h12-14H,5-10,18-19H2,1-4H3. The monoisotopic (exact) mass is 277 g/mol. The Hall–Kier alpha value is -0.890. The minimum absolute atomic E-state index is 0.000518. The van der Waals surface area contributed by atoms with Crippen LogP contribution in [0.4, 0.5) is 0 Å². The zero-order valence-electron chi connectivity index (χ0n) is 13.6. The molecule has 114 valence electrons. The molecule has 0 fully saturated rings. The molecular weight excluding hydrogens is 246 g/mol. The number of aliphatic imine (C=N–C) groups is 1. The van der Waals surface area contributed by atoms with Crippen LogP contribution < -0.4 is 11.5 Å². The van der Waals surface area contributed by atoms with Gasteiger partial charge in [0.1, 0.15) is 0 Å². The molecule has 1 aliphatic carbocycles. The van der Waals surface area contributed by atoms with Crippen molar-refractivity contribution in [3.8, 4) is 0 Å². The molecule has 0 saturated carbocycles. The Morgan fingerprint density at radius 2 is 2.15 bits per heavy atom. The maximum absolute atomic E-state index is 6.03. The number of rotatable bonds is 6. The first-order valence-electron chi connectivity index (χ1n) is 7.96. The molecule has 3 heteroatoms. The average Bonchev–Trinajstić information content (AvgIpc) is 2.42. The van der Waals surface area contributed by atoms with Gasteiger partial charge in [0.05, 0.1) is 0 Å². The van der Waals surface area contributed by atoms with E-state index in [1.807, 2.05) is 6.92 Å². The van der Waals surface area contributed by atoms with Gasteiger partial charge in [-0.3, -0.25) is 0 Å². The predicted octanol–water partition coefficient (Wildman–Crippen LogP) is 3.40. The Morgan fingerprint density at radius 1 is 1.45 bits per heavy atom. The first-order valence-corrected chi connectivity index (χ1v) is 7.96. The van der Waals surface area contributed by atoms with Gasteiger partial charge in [-0.05, 0) is 68.9 Å². The van der Waals surface area contributed by atoms with Crippen molar-refractivity contribution in [1.82, 2.24) is 0 Å². The third-order valence-electron chi connectivity index (χ3n) is 4.17. The third kappa shape index (κ3) is 5.24. The van der Waals surface area contributed by atoms with E-state index < -0.39 is 0 Å². The van der Waals surface area contributed by atoms with Crippen LogP contribution in [0.2, 0.25) is 0 Å². The van der Waals surface area contributed by atoms with Crippen LogP contribution in [0.5, 0.6) is 0 Å². The van der Waals surface area contributed by atoms with Gasteiger partial charge in [-0.15, -0.1) is 0 Å². The van der Waals surface area contributed by atoms with Crippen molar-refractivity contribution < 1.29 is 0 Å². The fourth-order valence-electron chi connectivity index (χ4n) is 2.58. The van der Waals surface area contributed by atoms with E-state index in [9.17, 15) is 0 Å². The van der Waals surface area contributed by atoms with Crippen LogP contribution in [0.3, 0.4) is 0 Å². The fourth-order valence-corrected chi connectivity index (χ4v) is 2.58. The molecule has 0 aliphatic heterocycles. The predicted molar refractivity (Wildman–Crippen MR) is 87.8 cm³/mol. The Labute approximate surface area is 124 Å². The van der Waals surface area contributed by atoms with Crippen molar-refractivity contribution in [1.29, 1.82) is 0 Å². The van der Waals surface area contributed by atoms with Crippen LogP contribution in [0.15, 0.2) is 21.8 Å². The van der Waals surface area contributed by atoms with Gasteiger partial charge in [0.25, 0.3) is 0 Å². The highest BCUT2D eigenvalue weighted by atomic mass is 14.7. The molecule has 0 amide bonds. The van der Waals surface area contributed by atoms with Gasteiger partial charge in [0.15, 0.2) is 0 Å². The molecule has 0 bridgehead atoms. The highest BCUT2D eigenvalue weighted by Crippen LogP contribution is 2.31. The quantitative estimate of drug-likeness (QED) is 0.731. The summed E-state index contributed by atoms with van der Waals surface area (Å²) in [6, 6.07) is -0.000518. The van der Waals surface area contributed by atoms with Gasteiger partial charge >= 0.3 is 0 Å². The second kappa shape index (κ2) is 8.41. The van der Waals surface area contributed by atoms with E-state index in [1.165, 1.54) is 24.1 Å². The van der Waals surface area contributed by atoms with Crippen molar-refractivity contribution in [2.24, 2.45) is 28.3 Å². The minimum atomic E-state index is -0.000518. The van der Waals surface area contributed by atoms with Crippen molar-refractivity contribution in [3.63, 3.8) is 0 Å². The number of nitrogens with two attached hydrogens (primary N) is 2. The lowest BCUT2D eigenvalue weighted by molar-refractivity contribution is 0.487. The van der Waals surface area contributed by atoms with Crippen LogP contribution in [0, 0.1) is 11.8 Å². The highest BCUT2D eigenvalue weighted by Gasteiger charge is 2.16. The molecule has 0 aromatic heterocycles. The summed E-state index contributed by atoms with van der Waals surface area (Å²) in [6.45, 7) is 9.34. The number of hydrogen-bond donors (Lipinski definition) is 2. The minimum Gasteiger partial charge on any atom is -0.330 e. The molecule has 0 heterocycles. The lowest BCUT2D eigenvalue weighted by atomic mass is 9.87. The summed E-state index contributed by atoms with van der Waals surface area (Å²) in [5, 5.41) is 0. The lowest BCUT2D eigenvalue weighted by Crippen LogP contribution is -2.22. The van der Waals surface area contributed by atoms with Gasteiger partial charge in [-0.2, -0.15) is 0 Å². The van der Waals surface area contributed by atoms with E-state index in [-0.39, 0.29) is 6.04 Å². The van der Waals surface area contributed by atoms with Gasteiger partial charge in [0.2, 0.25) is 0 Å². The van der Waals surface area contributed by atoms with Crippen LogP contribution in [0.1, 0.15) is 59.8 Å². The first kappa shape index (κ1) is 17.2. The summed E-state index contributed by atoms with van der Waals surface area (Å²) in [4.78, 5) is 4.67. The summed E-state index contributed by atoms with van der Waals surface area (Å²) in [6.07, 6.45) is 5.54. The molecule has 0 aromatic rings. The molecule has 3 nitrogen and oxygen atoms in total. The van der Waals surface area contributed by atoms with E-state index in [4.69, 9.17) is 11.5 Å². The molecule has 0 aromatic carbocycles. The van der Waals surface area contributed by atoms with Gasteiger partial charge < -0.3 is 11.5 Å². The van der Waals surface area contributed by atoms with E-state index in [0.29, 0.717) is 12.5 Å². The third-order valence-corrected chi connectivity index (χ3v) is 4.17. The summed E-state index contributed by atoms with van der Waals surface area (Å²) in [7, 11) is 0. The van der Waals surface area contributed by atoms with Crippen molar-refractivity contribution in [3.05, 3.63) is 16.8 Å². The van der Waals surface area contributed by atoms with Crippen LogP contribution in [-0.2, 0) is 0 Å². The SMILES string of the molecule is CCC1=C(N=C=C(CC(C)CN)C(C)N)CC(C)CC1. The zero-order chi connectivity index (χ0) is 15.1. The highest BCUT2D eigenvalue weighted by molar-refractivity contribution is 5.61. The molecule has 0 radical (unpaired) electrons. The van der Waals surface area contributed by atoms with Crippen molar-refractivity contribution in [2.75, 3.05) is 6.54 Å². The molecule has 4 N–H and O–H groups in total. The molecule has 0 spiro atoms. The lowest BCUT2D eigenvalue weighted by Gasteiger charge is -2.21. The summed E-state index contributed by atoms with van der Waals surface area (Å²) in [5.74, 6) is 4.41. The maximum atomic E-state index is 6.03. The molecule has 20 heavy (non-hydrogen) atoms. The van der Waals surface area contributed by atoms with Crippen molar-refractivity contribution in [2.45, 2.75) is 65.8 Å². The van der Waals surface area contributed by atoms with E-state index >= 15 is 0 Å². The topological polar surface area (TPSA) is 64.4 Å². The molecule has 3 atom stereocenters. The number of hydrogen-bond acceptors (Lipinski definition) is 3. The van der Waals surface area contributed by atoms with Crippen LogP contribution in [-0.4, -0.2) is 18.5 Å². The Balaban J connectivity index is 2.98. The Morgan fingerprint density at radius 3 is 2.70 bits per heavy atom. The number of allylic oxidation sites excluding steroid dienone is 2. The van der Waals surface area contributed by atoms with Crippen LogP contribution >= 0.6 is 0 Å². The Bertz CT molecular complexity index is 400. The second-order valence-corrected chi connectivity index (χ2v) is 6.33. The maximum Gasteiger partial charge on any atom is 0.0498 e. The van der Waals surface area contributed by atoms with Gasteiger partial charge in [0, 0.05) is 17.3 Å². The molecule has 1 aliphatic rings. The van der Waals surface area contributed by atoms with Crippen molar-refractivity contribution >= 4 is 5.87 Å². The normalized spacial score (nSPS) is 22.2. The smallest absolute Gasteiger partial charge is 0.0498 e. The summed E-state index contributed by atoms with van der Waals surface area (Å²) in [5.41, 5.74) is 15.6. The van der Waals surface area contributed by atoms with E-state index in [1.54, 1.807) is 0 Å². The molecular formula is C17H31N3. The zero-order valence-corrected chi connectivity index (χ0v) is 13.6. The van der Waals surface area contributed by atoms with E-state index in [0.717, 1.165) is 30.8 Å². The Kier molecular flexibility index (Phi) is 7.22. The average molecular weight is 277 g/mol. The largest absolute Gasteiger partial charge is 0.330 e. The first-order chi connectivity index (χ1) is 9.47. The van der Waals surface area contributed by atoms with Crippen LogP contribution in [0.25, 0.3) is 0 Å². The molecule has 3 unspecified atom stereocenters. The molecule has 1 rings (SSSR count). The van der Waals surface area contributed by atoms with Gasteiger partial charge in [-0.25, -0.2) is 4.99 Å². The number of nitrogens with zero attached hydrogens (tertiary/aromatic N) is 1. The summed E-state index contributed by atoms with van der Waals surface area (Å²) >= 11 is 0. The van der Waals surface area contributed by atoms with Gasteiger partial charge in [-0.1, -0.05) is 20.8 Å².